The predicted molar refractivity (Wildman–Crippen MR) is 313 cm³/mol. The fourth-order valence-corrected chi connectivity index (χ4v) is 11.3. The molecule has 0 spiro atoms. The van der Waals surface area contributed by atoms with Gasteiger partial charge in [-0.05, 0) is 163 Å². The Bertz CT molecular complexity index is 3890. The van der Waals surface area contributed by atoms with Gasteiger partial charge in [0, 0.05) is 32.9 Å². The summed E-state index contributed by atoms with van der Waals surface area (Å²) in [5.74, 6) is 0. The molecule has 0 saturated carbocycles. The summed E-state index contributed by atoms with van der Waals surface area (Å²) in [6.45, 7) is 0. The summed E-state index contributed by atoms with van der Waals surface area (Å²) in [6, 6.07) is 107. The number of hydrogen-bond acceptors (Lipinski definition) is 0. The van der Waals surface area contributed by atoms with E-state index in [0.717, 1.165) is 44.6 Å². The molecule has 74 heavy (non-hydrogen) atoms. The highest BCUT2D eigenvalue weighted by molar-refractivity contribution is 6.13. The van der Waals surface area contributed by atoms with E-state index in [4.69, 9.17) is 0 Å². The van der Waals surface area contributed by atoms with E-state index < -0.39 is 0 Å². The van der Waals surface area contributed by atoms with Crippen molar-refractivity contribution in [3.63, 3.8) is 0 Å². The lowest BCUT2D eigenvalue weighted by Gasteiger charge is -2.17. The fraction of sp³-hybridized carbons (Fsp3) is 0. The van der Waals surface area contributed by atoms with Crippen LogP contribution in [-0.4, -0.2) is 9.13 Å². The second-order valence-electron chi connectivity index (χ2n) is 19.3. The maximum atomic E-state index is 2.50. The molecule has 0 amide bonds. The van der Waals surface area contributed by atoms with Crippen LogP contribution in [0.25, 0.3) is 133 Å². The van der Waals surface area contributed by atoms with E-state index >= 15 is 0 Å². The Hall–Kier alpha value is -9.76. The number of aromatic nitrogens is 2. The van der Waals surface area contributed by atoms with Gasteiger partial charge in [0.1, 0.15) is 0 Å². The van der Waals surface area contributed by atoms with Gasteiger partial charge in [-0.3, -0.25) is 0 Å². The normalized spacial score (nSPS) is 11.5. The average Bonchev–Trinajstić information content (AvgIpc) is 3.99. The predicted octanol–water partition coefficient (Wildman–Crippen LogP) is 19.5. The lowest BCUT2D eigenvalue weighted by atomic mass is 9.93. The van der Waals surface area contributed by atoms with Crippen LogP contribution in [0.5, 0.6) is 0 Å². The molecule has 0 unspecified atom stereocenters. The molecule has 2 aromatic heterocycles. The topological polar surface area (TPSA) is 9.86 Å². The van der Waals surface area contributed by atoms with Gasteiger partial charge in [0.2, 0.25) is 0 Å². The number of nitrogens with zero attached hydrogens (tertiary/aromatic N) is 2. The number of fused-ring (bicyclic) bond motifs is 6. The SMILES string of the molecule is c1ccc(-c2cc(-c3ccccc3)cc(-c3cc(-n4c5ccc(-c6ccccc6)cc5c5cc(-c6ccccc6)ccc54)cc(-n4c5ccc(-c6ccccc6)cc5c5cc(-c6ccccc6)ccc54)c3)c2)cc1. The molecule has 0 bridgehead atoms. The van der Waals surface area contributed by atoms with Crippen molar-refractivity contribution in [1.29, 1.82) is 0 Å². The van der Waals surface area contributed by atoms with Crippen molar-refractivity contribution in [2.24, 2.45) is 0 Å². The maximum absolute atomic E-state index is 2.50. The second-order valence-corrected chi connectivity index (χ2v) is 19.3. The lowest BCUT2D eigenvalue weighted by molar-refractivity contribution is 1.13. The molecule has 0 aliphatic heterocycles. The molecule has 0 fully saturated rings. The zero-order valence-electron chi connectivity index (χ0n) is 40.6. The van der Waals surface area contributed by atoms with E-state index in [-0.39, 0.29) is 0 Å². The van der Waals surface area contributed by atoms with Crippen LogP contribution in [0.3, 0.4) is 0 Å². The first-order chi connectivity index (χ1) is 36.7. The first kappa shape index (κ1) is 43.1. The monoisotopic (exact) mass is 940 g/mol. The Labute approximate surface area is 431 Å². The summed E-state index contributed by atoms with van der Waals surface area (Å²) in [6.07, 6.45) is 0. The number of hydrogen-bond donors (Lipinski definition) is 0. The Balaban J connectivity index is 1.07. The molecule has 12 aromatic carbocycles. The van der Waals surface area contributed by atoms with E-state index in [1.165, 1.54) is 88.3 Å². The highest BCUT2D eigenvalue weighted by atomic mass is 15.0. The van der Waals surface area contributed by atoms with Crippen LogP contribution in [0.1, 0.15) is 0 Å². The van der Waals surface area contributed by atoms with E-state index in [9.17, 15) is 0 Å². The molecule has 2 heterocycles. The zero-order valence-corrected chi connectivity index (χ0v) is 40.6. The van der Waals surface area contributed by atoms with E-state index in [1.54, 1.807) is 0 Å². The molecule has 346 valence electrons. The molecule has 0 atom stereocenters. The largest absolute Gasteiger partial charge is 0.309 e. The van der Waals surface area contributed by atoms with Gasteiger partial charge < -0.3 is 9.13 Å². The molecule has 2 nitrogen and oxygen atoms in total. The third-order valence-electron chi connectivity index (χ3n) is 14.9. The highest BCUT2D eigenvalue weighted by Gasteiger charge is 2.21. The molecular formula is C72H48N2. The minimum absolute atomic E-state index is 1.08. The van der Waals surface area contributed by atoms with E-state index in [1.807, 2.05) is 0 Å². The first-order valence-electron chi connectivity index (χ1n) is 25.5. The van der Waals surface area contributed by atoms with Gasteiger partial charge in [-0.2, -0.15) is 0 Å². The van der Waals surface area contributed by atoms with Crippen molar-refractivity contribution in [2.75, 3.05) is 0 Å². The third kappa shape index (κ3) is 7.69. The summed E-state index contributed by atoms with van der Waals surface area (Å²) < 4.78 is 4.99. The molecule has 0 radical (unpaired) electrons. The Morgan fingerprint density at radius 1 is 0.149 bits per heavy atom. The third-order valence-corrected chi connectivity index (χ3v) is 14.9. The van der Waals surface area contributed by atoms with Crippen LogP contribution in [0.2, 0.25) is 0 Å². The van der Waals surface area contributed by atoms with Crippen molar-refractivity contribution in [3.05, 3.63) is 291 Å². The van der Waals surface area contributed by atoms with Crippen molar-refractivity contribution >= 4 is 43.6 Å². The quantitative estimate of drug-likeness (QED) is 0.136. The van der Waals surface area contributed by atoms with Gasteiger partial charge in [-0.25, -0.2) is 0 Å². The molecule has 0 aliphatic rings. The number of rotatable bonds is 9. The molecule has 0 saturated heterocycles. The molecule has 14 aromatic rings. The van der Waals surface area contributed by atoms with Gasteiger partial charge in [-0.15, -0.1) is 0 Å². The fourth-order valence-electron chi connectivity index (χ4n) is 11.3. The summed E-state index contributed by atoms with van der Waals surface area (Å²) in [7, 11) is 0. The summed E-state index contributed by atoms with van der Waals surface area (Å²) in [5.41, 5.74) is 23.3. The smallest absolute Gasteiger partial charge is 0.0541 e. The minimum Gasteiger partial charge on any atom is -0.309 e. The van der Waals surface area contributed by atoms with Crippen LogP contribution >= 0.6 is 0 Å². The first-order valence-corrected chi connectivity index (χ1v) is 25.5. The van der Waals surface area contributed by atoms with Crippen molar-refractivity contribution in [1.82, 2.24) is 9.13 Å². The van der Waals surface area contributed by atoms with Gasteiger partial charge in [0.05, 0.1) is 22.1 Å². The van der Waals surface area contributed by atoms with Crippen LogP contribution < -0.4 is 0 Å². The zero-order chi connectivity index (χ0) is 49.0. The Kier molecular flexibility index (Phi) is 10.6. The van der Waals surface area contributed by atoms with Crippen LogP contribution in [-0.2, 0) is 0 Å². The van der Waals surface area contributed by atoms with Gasteiger partial charge in [0.15, 0.2) is 0 Å². The van der Waals surface area contributed by atoms with Crippen molar-refractivity contribution < 1.29 is 0 Å². The van der Waals surface area contributed by atoms with Gasteiger partial charge >= 0.3 is 0 Å². The van der Waals surface area contributed by atoms with Gasteiger partial charge in [0.25, 0.3) is 0 Å². The molecular weight excluding hydrogens is 893 g/mol. The van der Waals surface area contributed by atoms with Crippen LogP contribution in [0.4, 0.5) is 0 Å². The molecule has 0 N–H and O–H groups in total. The van der Waals surface area contributed by atoms with E-state index in [0.29, 0.717) is 0 Å². The summed E-state index contributed by atoms with van der Waals surface area (Å²) in [5, 5.41) is 4.84. The molecule has 14 rings (SSSR count). The standard InChI is InChI=1S/C72H48N2/c1-7-19-49(20-8-1)55-31-35-69-65(44-55)66-45-56(50-21-9-2-10-22-50)32-36-70(66)73(69)63-42-62(61-40-59(53-27-15-5-16-28-53)39-60(41-61)54-29-17-6-18-30-54)43-64(48-63)74-71-37-33-57(51-23-11-3-12-24-51)46-67(71)68-47-58(34-38-72(68)74)52-25-13-4-14-26-52/h1-48H. The summed E-state index contributed by atoms with van der Waals surface area (Å²) >= 11 is 0. The lowest BCUT2D eigenvalue weighted by Crippen LogP contribution is -2.00. The van der Waals surface area contributed by atoms with E-state index in [2.05, 4.69) is 300 Å². The van der Waals surface area contributed by atoms with Gasteiger partial charge in [-0.1, -0.05) is 206 Å². The number of benzene rings is 12. The Morgan fingerprint density at radius 2 is 0.365 bits per heavy atom. The average molecular weight is 941 g/mol. The Morgan fingerprint density at radius 3 is 0.622 bits per heavy atom. The summed E-state index contributed by atoms with van der Waals surface area (Å²) in [4.78, 5) is 0. The molecule has 0 aliphatic carbocycles. The van der Waals surface area contributed by atoms with Crippen molar-refractivity contribution in [3.8, 4) is 89.3 Å². The second kappa shape index (κ2) is 18.1. The minimum atomic E-state index is 1.08. The highest BCUT2D eigenvalue weighted by Crippen LogP contribution is 2.43. The van der Waals surface area contributed by atoms with Crippen molar-refractivity contribution in [2.45, 2.75) is 0 Å². The van der Waals surface area contributed by atoms with Crippen LogP contribution in [0, 0.1) is 0 Å². The molecule has 2 heteroatoms. The van der Waals surface area contributed by atoms with Crippen LogP contribution in [0.15, 0.2) is 291 Å². The maximum Gasteiger partial charge on any atom is 0.0541 e.